The maximum absolute atomic E-state index is 13.9. The van der Waals surface area contributed by atoms with Crippen LogP contribution in [0.25, 0.3) is 0 Å². The van der Waals surface area contributed by atoms with Crippen LogP contribution in [0.5, 0.6) is 5.75 Å². The maximum atomic E-state index is 13.9. The molecule has 1 aromatic rings. The monoisotopic (exact) mass is 482 g/mol. The van der Waals surface area contributed by atoms with E-state index in [0.29, 0.717) is 12.8 Å². The number of aliphatic hydroxyl groups is 1. The van der Waals surface area contributed by atoms with E-state index in [1.165, 1.54) is 13.8 Å². The van der Waals surface area contributed by atoms with E-state index in [1.807, 2.05) is 6.92 Å². The summed E-state index contributed by atoms with van der Waals surface area (Å²) >= 11 is 0. The maximum Gasteiger partial charge on any atom is 0.332 e. The van der Waals surface area contributed by atoms with Gasteiger partial charge in [-0.2, -0.15) is 0 Å². The number of aliphatic hydroxyl groups excluding tert-OH is 1. The molecule has 0 aliphatic carbocycles. The van der Waals surface area contributed by atoms with Crippen LogP contribution < -0.4 is 10.6 Å². The number of carbonyl (C=O) groups is 4. The van der Waals surface area contributed by atoms with Crippen LogP contribution in [-0.4, -0.2) is 58.8 Å². The lowest BCUT2D eigenvalue weighted by Gasteiger charge is -2.24. The molecule has 0 unspecified atom stereocenters. The van der Waals surface area contributed by atoms with Gasteiger partial charge in [-0.25, -0.2) is 9.18 Å². The number of halogens is 1. The molecule has 188 valence electrons. The average Bonchev–Trinajstić information content (AvgIpc) is 2.80. The first-order chi connectivity index (χ1) is 16.1. The van der Waals surface area contributed by atoms with Crippen LogP contribution in [0.2, 0.25) is 0 Å². The fourth-order valence-electron chi connectivity index (χ4n) is 3.74. The molecule has 0 radical (unpaired) electrons. The zero-order chi connectivity index (χ0) is 25.4. The minimum atomic E-state index is -1.50. The van der Waals surface area contributed by atoms with Gasteiger partial charge in [-0.3, -0.25) is 14.4 Å². The molecule has 2 amide bonds. The third-order valence-electron chi connectivity index (χ3n) is 5.71. The lowest BCUT2D eigenvalue weighted by atomic mass is 9.92. The van der Waals surface area contributed by atoms with Crippen molar-refractivity contribution < 1.29 is 43.3 Å². The molecule has 34 heavy (non-hydrogen) atoms. The Kier molecular flexibility index (Phi) is 9.79. The highest BCUT2D eigenvalue weighted by Gasteiger charge is 2.41. The molecule has 2 rings (SSSR count). The van der Waals surface area contributed by atoms with E-state index in [9.17, 15) is 33.8 Å². The summed E-state index contributed by atoms with van der Waals surface area (Å²) in [6, 6.07) is 0.0226. The normalized spacial score (nSPS) is 25.3. The van der Waals surface area contributed by atoms with E-state index in [2.05, 4.69) is 10.6 Å². The van der Waals surface area contributed by atoms with Gasteiger partial charge in [0, 0.05) is 6.07 Å². The zero-order valence-electron chi connectivity index (χ0n) is 19.4. The van der Waals surface area contributed by atoms with Crippen molar-refractivity contribution in [3.8, 4) is 5.75 Å². The second kappa shape index (κ2) is 12.3. The van der Waals surface area contributed by atoms with Gasteiger partial charge in [0.15, 0.2) is 11.8 Å². The zero-order valence-corrected chi connectivity index (χ0v) is 19.4. The average molecular weight is 483 g/mol. The van der Waals surface area contributed by atoms with E-state index >= 15 is 0 Å². The third kappa shape index (κ3) is 6.66. The first-order valence-corrected chi connectivity index (χ1v) is 11.2. The Morgan fingerprint density at radius 1 is 1.12 bits per heavy atom. The number of unbranched alkanes of at least 4 members (excludes halogenated alkanes) is 3. The molecule has 11 heteroatoms. The van der Waals surface area contributed by atoms with Gasteiger partial charge in [0.25, 0.3) is 5.91 Å². The molecule has 1 aliphatic rings. The first-order valence-electron chi connectivity index (χ1n) is 11.2. The number of hydrogen-bond acceptors (Lipinski definition) is 8. The number of aromatic hydroxyl groups is 1. The Hall–Kier alpha value is -3.21. The van der Waals surface area contributed by atoms with E-state index < -0.39 is 65.2 Å². The van der Waals surface area contributed by atoms with Crippen LogP contribution in [0.3, 0.4) is 0 Å². The Balaban J connectivity index is 2.25. The van der Waals surface area contributed by atoms with Crippen molar-refractivity contribution in [3.05, 3.63) is 23.5 Å². The number of nitrogens with one attached hydrogen (secondary N) is 2. The molecule has 1 heterocycles. The molecule has 1 fully saturated rings. The number of rotatable bonds is 9. The number of hydrogen-bond donors (Lipinski definition) is 4. The second-order valence-electron chi connectivity index (χ2n) is 8.29. The topological polar surface area (TPSA) is 151 Å². The van der Waals surface area contributed by atoms with Crippen LogP contribution in [0.4, 0.5) is 10.1 Å². The minimum absolute atomic E-state index is 0.193. The Bertz CT molecular complexity index is 909. The van der Waals surface area contributed by atoms with E-state index in [0.717, 1.165) is 31.4 Å². The number of amides is 2. The number of esters is 2. The van der Waals surface area contributed by atoms with E-state index in [-0.39, 0.29) is 12.1 Å². The Labute approximate surface area is 196 Å². The number of cyclic esters (lactones) is 2. The highest BCUT2D eigenvalue weighted by molar-refractivity contribution is 6.01. The SMILES string of the molecule is CCCCCC[C@H]1C(=O)O[C@H](C)[C@H](NC(=O)c2cc(F)cc(NC=O)c2O)C(=O)O[C@@H](C)[C@@H]1O. The molecule has 0 spiro atoms. The Morgan fingerprint density at radius 3 is 2.44 bits per heavy atom. The molecule has 0 bridgehead atoms. The van der Waals surface area contributed by atoms with E-state index in [1.54, 1.807) is 0 Å². The van der Waals surface area contributed by atoms with Gasteiger partial charge in [0.1, 0.15) is 24.1 Å². The number of ether oxygens (including phenoxy) is 2. The number of carbonyl (C=O) groups excluding carboxylic acids is 4. The fourth-order valence-corrected chi connectivity index (χ4v) is 3.74. The third-order valence-corrected chi connectivity index (χ3v) is 5.71. The predicted molar refractivity (Wildman–Crippen MR) is 118 cm³/mol. The summed E-state index contributed by atoms with van der Waals surface area (Å²) in [5.41, 5.74) is -0.906. The van der Waals surface area contributed by atoms with Crippen molar-refractivity contribution in [2.45, 2.75) is 77.2 Å². The van der Waals surface area contributed by atoms with Gasteiger partial charge in [-0.15, -0.1) is 0 Å². The van der Waals surface area contributed by atoms with Crippen molar-refractivity contribution in [2.24, 2.45) is 5.92 Å². The van der Waals surface area contributed by atoms with Crippen molar-refractivity contribution >= 4 is 29.9 Å². The lowest BCUT2D eigenvalue weighted by molar-refractivity contribution is -0.160. The van der Waals surface area contributed by atoms with Gasteiger partial charge in [-0.05, 0) is 26.3 Å². The first kappa shape index (κ1) is 27.0. The summed E-state index contributed by atoms with van der Waals surface area (Å²) in [6.45, 7) is 4.84. The summed E-state index contributed by atoms with van der Waals surface area (Å²) < 4.78 is 24.6. The molecule has 1 aliphatic heterocycles. The fraction of sp³-hybridized carbons (Fsp3) is 0.565. The van der Waals surface area contributed by atoms with Crippen LogP contribution in [0, 0.1) is 11.7 Å². The summed E-state index contributed by atoms with van der Waals surface area (Å²) in [4.78, 5) is 49.0. The molecule has 1 saturated heterocycles. The summed E-state index contributed by atoms with van der Waals surface area (Å²) in [5.74, 6) is -5.34. The van der Waals surface area contributed by atoms with Crippen molar-refractivity contribution in [3.63, 3.8) is 0 Å². The molecular weight excluding hydrogens is 451 g/mol. The molecule has 0 aromatic heterocycles. The van der Waals surface area contributed by atoms with Crippen molar-refractivity contribution in [1.82, 2.24) is 5.32 Å². The van der Waals surface area contributed by atoms with Crippen molar-refractivity contribution in [1.29, 1.82) is 0 Å². The number of phenols is 1. The number of benzene rings is 1. The minimum Gasteiger partial charge on any atom is -0.505 e. The Morgan fingerprint density at radius 2 is 1.79 bits per heavy atom. The molecular formula is C23H31FN2O8. The van der Waals surface area contributed by atoms with Gasteiger partial charge < -0.3 is 30.3 Å². The molecule has 1 aromatic carbocycles. The van der Waals surface area contributed by atoms with Gasteiger partial charge in [-0.1, -0.05) is 32.6 Å². The lowest BCUT2D eigenvalue weighted by Crippen LogP contribution is -2.50. The summed E-state index contributed by atoms with van der Waals surface area (Å²) in [7, 11) is 0. The molecule has 0 saturated carbocycles. The second-order valence-corrected chi connectivity index (χ2v) is 8.29. The highest BCUT2D eigenvalue weighted by Crippen LogP contribution is 2.29. The highest BCUT2D eigenvalue weighted by atomic mass is 19.1. The van der Waals surface area contributed by atoms with Crippen LogP contribution in [0.1, 0.15) is 63.2 Å². The summed E-state index contributed by atoms with van der Waals surface area (Å²) in [6.07, 6.45) is 0.498. The number of anilines is 1. The molecule has 5 atom stereocenters. The quantitative estimate of drug-likeness (QED) is 0.181. The van der Waals surface area contributed by atoms with Crippen LogP contribution in [0.15, 0.2) is 12.1 Å². The van der Waals surface area contributed by atoms with Crippen LogP contribution in [-0.2, 0) is 23.9 Å². The predicted octanol–water partition coefficient (Wildman–Crippen LogP) is 2.02. The molecule has 10 nitrogen and oxygen atoms in total. The van der Waals surface area contributed by atoms with Gasteiger partial charge in [0.2, 0.25) is 6.41 Å². The standard InChI is InChI=1S/C23H31FN2O8/c1-4-5-6-7-8-15-19(28)13(3)34-23(32)18(12(2)33-22(15)31)26-21(30)16-9-14(24)10-17(20(16)29)25-11-27/h9-13,15,18-19,28-29H,4-8H2,1-3H3,(H,25,27)(H,26,30)/t12-,13+,15-,18+,19+/m1/s1. The molecule has 4 N–H and O–H groups in total. The van der Waals surface area contributed by atoms with E-state index in [4.69, 9.17) is 9.47 Å². The largest absolute Gasteiger partial charge is 0.505 e. The van der Waals surface area contributed by atoms with Crippen LogP contribution >= 0.6 is 0 Å². The smallest absolute Gasteiger partial charge is 0.332 e. The van der Waals surface area contributed by atoms with Crippen molar-refractivity contribution in [2.75, 3.05) is 5.32 Å². The van der Waals surface area contributed by atoms with Gasteiger partial charge in [0.05, 0.1) is 17.2 Å². The summed E-state index contributed by atoms with van der Waals surface area (Å²) in [5, 5.41) is 25.2. The number of phenolic OH excluding ortho intramolecular Hbond substituents is 1. The van der Waals surface area contributed by atoms with Gasteiger partial charge >= 0.3 is 11.9 Å².